The number of aryl methyl sites for hydroxylation is 1. The predicted molar refractivity (Wildman–Crippen MR) is 111 cm³/mol. The quantitative estimate of drug-likeness (QED) is 0.441. The van der Waals surface area contributed by atoms with Crippen LogP contribution in [0.2, 0.25) is 5.02 Å². The Morgan fingerprint density at radius 1 is 1.19 bits per heavy atom. The smallest absolute Gasteiger partial charge is 0.338 e. The lowest BCUT2D eigenvalue weighted by molar-refractivity contribution is -0.118. The van der Waals surface area contributed by atoms with E-state index in [1.54, 1.807) is 31.2 Å². The van der Waals surface area contributed by atoms with Crippen LogP contribution < -0.4 is 0 Å². The summed E-state index contributed by atoms with van der Waals surface area (Å²) in [7, 11) is 0. The SMILES string of the molecule is CCN(CC)Sc1cc(C(=O)OCC(=O)C2=CC=CC=CC2)c(C)cc1Cl. The van der Waals surface area contributed by atoms with Crippen molar-refractivity contribution in [1.29, 1.82) is 0 Å². The molecule has 0 radical (unpaired) electrons. The molecule has 0 atom stereocenters. The summed E-state index contributed by atoms with van der Waals surface area (Å²) in [4.78, 5) is 25.6. The molecule has 6 heteroatoms. The number of ketones is 1. The van der Waals surface area contributed by atoms with Crippen molar-refractivity contribution in [3.63, 3.8) is 0 Å². The molecule has 0 saturated heterocycles. The summed E-state index contributed by atoms with van der Waals surface area (Å²) in [5, 5.41) is 0.596. The van der Waals surface area contributed by atoms with E-state index in [0.29, 0.717) is 22.6 Å². The summed E-state index contributed by atoms with van der Waals surface area (Å²) >= 11 is 7.84. The van der Waals surface area contributed by atoms with Gasteiger partial charge in [0.1, 0.15) is 0 Å². The van der Waals surface area contributed by atoms with E-state index in [9.17, 15) is 9.59 Å². The lowest BCUT2D eigenvalue weighted by Gasteiger charge is -2.18. The third-order valence-electron chi connectivity index (χ3n) is 4.12. The van der Waals surface area contributed by atoms with Gasteiger partial charge in [0.05, 0.1) is 10.6 Å². The molecule has 144 valence electrons. The molecule has 0 saturated carbocycles. The minimum absolute atomic E-state index is 0.191. The molecule has 1 aliphatic rings. The number of hydrogen-bond donors (Lipinski definition) is 0. The van der Waals surface area contributed by atoms with Crippen molar-refractivity contribution >= 4 is 35.3 Å². The Bertz CT molecular complexity index is 795. The third kappa shape index (κ3) is 6.09. The molecular formula is C21H24ClNO3S. The minimum atomic E-state index is -0.515. The number of carbonyl (C=O) groups excluding carboxylic acids is 2. The molecule has 0 spiro atoms. The number of benzene rings is 1. The average molecular weight is 406 g/mol. The summed E-state index contributed by atoms with van der Waals surface area (Å²) in [5.74, 6) is -0.705. The second-order valence-corrected chi connectivity index (χ2v) is 7.56. The minimum Gasteiger partial charge on any atom is -0.454 e. The van der Waals surface area contributed by atoms with Crippen LogP contribution in [-0.2, 0) is 9.53 Å². The summed E-state index contributed by atoms with van der Waals surface area (Å²) in [6.07, 6.45) is 9.73. The van der Waals surface area contributed by atoms with Gasteiger partial charge >= 0.3 is 5.97 Å². The fourth-order valence-electron chi connectivity index (χ4n) is 2.52. The Morgan fingerprint density at radius 3 is 2.63 bits per heavy atom. The molecule has 0 bridgehead atoms. The lowest BCUT2D eigenvalue weighted by Crippen LogP contribution is -2.17. The van der Waals surface area contributed by atoms with E-state index in [4.69, 9.17) is 16.3 Å². The molecule has 4 nitrogen and oxygen atoms in total. The first-order valence-electron chi connectivity index (χ1n) is 8.92. The van der Waals surface area contributed by atoms with Crippen LogP contribution >= 0.6 is 23.5 Å². The van der Waals surface area contributed by atoms with Crippen LogP contribution in [0.4, 0.5) is 0 Å². The van der Waals surface area contributed by atoms with Gasteiger partial charge in [0.25, 0.3) is 0 Å². The van der Waals surface area contributed by atoms with Crippen LogP contribution in [0.25, 0.3) is 0 Å². The molecular weight excluding hydrogens is 382 g/mol. The van der Waals surface area contributed by atoms with Crippen LogP contribution in [0.5, 0.6) is 0 Å². The number of carbonyl (C=O) groups is 2. The van der Waals surface area contributed by atoms with Gasteiger partial charge in [-0.25, -0.2) is 9.10 Å². The normalized spacial score (nSPS) is 13.4. The van der Waals surface area contributed by atoms with E-state index in [-0.39, 0.29) is 12.4 Å². The van der Waals surface area contributed by atoms with Crippen LogP contribution in [-0.4, -0.2) is 35.8 Å². The number of esters is 1. The molecule has 27 heavy (non-hydrogen) atoms. The van der Waals surface area contributed by atoms with Gasteiger partial charge in [-0.15, -0.1) is 0 Å². The van der Waals surface area contributed by atoms with Crippen LogP contribution in [0.15, 0.2) is 53.0 Å². The number of allylic oxidation sites excluding steroid dienone is 5. The van der Waals surface area contributed by atoms with E-state index in [1.165, 1.54) is 11.9 Å². The standard InChI is InChI=1S/C21H24ClNO3S/c1-4-23(5-2)27-20-13-17(15(3)12-18(20)22)21(25)26-14-19(24)16-10-8-6-7-9-11-16/h6-10,12-13H,4-5,11,14H2,1-3H3. The van der Waals surface area contributed by atoms with Gasteiger partial charge in [-0.1, -0.05) is 55.8 Å². The topological polar surface area (TPSA) is 46.6 Å². The molecule has 0 heterocycles. The maximum absolute atomic E-state index is 12.5. The van der Waals surface area contributed by atoms with Crippen LogP contribution in [0.3, 0.4) is 0 Å². The fourth-order valence-corrected chi connectivity index (χ4v) is 3.70. The van der Waals surface area contributed by atoms with Crippen LogP contribution in [0, 0.1) is 6.92 Å². The van der Waals surface area contributed by atoms with Crippen molar-refractivity contribution in [3.05, 3.63) is 64.2 Å². The zero-order valence-corrected chi connectivity index (χ0v) is 17.4. The number of nitrogens with zero attached hydrogens (tertiary/aromatic N) is 1. The van der Waals surface area contributed by atoms with E-state index < -0.39 is 5.97 Å². The van der Waals surface area contributed by atoms with Gasteiger partial charge in [0, 0.05) is 23.6 Å². The van der Waals surface area contributed by atoms with Crippen molar-refractivity contribution in [2.45, 2.75) is 32.1 Å². The zero-order chi connectivity index (χ0) is 19.8. The van der Waals surface area contributed by atoms with E-state index >= 15 is 0 Å². The summed E-state index contributed by atoms with van der Waals surface area (Å²) in [5.41, 5.74) is 1.77. The molecule has 1 aliphatic carbocycles. The average Bonchev–Trinajstić information content (AvgIpc) is 2.95. The van der Waals surface area contributed by atoms with Gasteiger partial charge in [0.2, 0.25) is 0 Å². The van der Waals surface area contributed by atoms with Gasteiger partial charge < -0.3 is 4.74 Å². The van der Waals surface area contributed by atoms with Gasteiger partial charge in [-0.2, -0.15) is 0 Å². The first kappa shape index (κ1) is 21.5. The molecule has 1 aromatic rings. The third-order valence-corrected chi connectivity index (χ3v) is 5.85. The summed E-state index contributed by atoms with van der Waals surface area (Å²) in [6.45, 7) is 7.37. The fraction of sp³-hybridized carbons (Fsp3) is 0.333. The first-order chi connectivity index (χ1) is 13.0. The highest BCUT2D eigenvalue weighted by Crippen LogP contribution is 2.32. The largest absolute Gasteiger partial charge is 0.454 e. The number of halogens is 1. The van der Waals surface area contributed by atoms with Crippen molar-refractivity contribution in [3.8, 4) is 0 Å². The highest BCUT2D eigenvalue weighted by molar-refractivity contribution is 7.97. The van der Waals surface area contributed by atoms with Crippen molar-refractivity contribution in [2.24, 2.45) is 0 Å². The highest BCUT2D eigenvalue weighted by atomic mass is 35.5. The summed E-state index contributed by atoms with van der Waals surface area (Å²) < 4.78 is 7.41. The molecule has 0 aromatic heterocycles. The molecule has 0 unspecified atom stereocenters. The molecule has 0 amide bonds. The second-order valence-electron chi connectivity index (χ2n) is 6.01. The molecule has 2 rings (SSSR count). The number of hydrogen-bond acceptors (Lipinski definition) is 5. The molecule has 0 fully saturated rings. The predicted octanol–water partition coefficient (Wildman–Crippen LogP) is 5.17. The summed E-state index contributed by atoms with van der Waals surface area (Å²) in [6, 6.07) is 3.50. The zero-order valence-electron chi connectivity index (χ0n) is 15.8. The monoisotopic (exact) mass is 405 g/mol. The Kier molecular flexibility index (Phi) is 8.35. The second kappa shape index (κ2) is 10.5. The van der Waals surface area contributed by atoms with E-state index in [1.807, 2.05) is 18.2 Å². The Morgan fingerprint density at radius 2 is 1.93 bits per heavy atom. The van der Waals surface area contributed by atoms with Gasteiger partial charge in [-0.05, 0) is 43.0 Å². The maximum Gasteiger partial charge on any atom is 0.338 e. The van der Waals surface area contributed by atoms with Gasteiger partial charge in [-0.3, -0.25) is 4.79 Å². The van der Waals surface area contributed by atoms with Crippen molar-refractivity contribution < 1.29 is 14.3 Å². The maximum atomic E-state index is 12.5. The first-order valence-corrected chi connectivity index (χ1v) is 10.1. The van der Waals surface area contributed by atoms with Crippen LogP contribution in [0.1, 0.15) is 36.2 Å². The highest BCUT2D eigenvalue weighted by Gasteiger charge is 2.18. The number of ether oxygens (including phenoxy) is 1. The number of Topliss-reactive ketones (excluding diaryl/α,β-unsaturated/α-hetero) is 1. The van der Waals surface area contributed by atoms with E-state index in [2.05, 4.69) is 18.2 Å². The van der Waals surface area contributed by atoms with Crippen molar-refractivity contribution in [2.75, 3.05) is 19.7 Å². The van der Waals surface area contributed by atoms with Gasteiger partial charge in [0.15, 0.2) is 12.4 Å². The molecule has 0 aliphatic heterocycles. The molecule has 0 N–H and O–H groups in total. The Hall–Kier alpha value is -1.82. The van der Waals surface area contributed by atoms with Crippen molar-refractivity contribution in [1.82, 2.24) is 4.31 Å². The lowest BCUT2D eigenvalue weighted by atomic mass is 10.1. The van der Waals surface area contributed by atoms with E-state index in [0.717, 1.165) is 23.5 Å². The Balaban J connectivity index is 2.09. The molecule has 1 aromatic carbocycles. The Labute approximate surface area is 170 Å². The number of rotatable bonds is 8.